The number of amides is 3. The number of H-pyrrole nitrogens is 1. The van der Waals surface area contributed by atoms with Crippen LogP contribution in [0.15, 0.2) is 78.9 Å². The first-order valence-corrected chi connectivity index (χ1v) is 12.9. The number of nitrogens with zero attached hydrogens (tertiary/aromatic N) is 2. The maximum absolute atomic E-state index is 13.0. The lowest BCUT2D eigenvalue weighted by Gasteiger charge is -2.25. The van der Waals surface area contributed by atoms with Gasteiger partial charge < -0.3 is 30.6 Å². The fourth-order valence-corrected chi connectivity index (χ4v) is 4.11. The summed E-state index contributed by atoms with van der Waals surface area (Å²) >= 11 is 0. The monoisotopic (exact) mass is 582 g/mol. The highest BCUT2D eigenvalue weighted by Crippen LogP contribution is 2.29. The summed E-state index contributed by atoms with van der Waals surface area (Å²) < 4.78 is 44.6. The molecule has 1 atom stereocenters. The van der Waals surface area contributed by atoms with Crippen LogP contribution in [0.3, 0.4) is 0 Å². The fourth-order valence-electron chi connectivity index (χ4n) is 4.11. The first kappa shape index (κ1) is 30.1. The van der Waals surface area contributed by atoms with E-state index in [1.54, 1.807) is 30.3 Å². The Morgan fingerprint density at radius 1 is 0.952 bits per heavy atom. The fraction of sp³-hybridized carbons (Fsp3) is 0.241. The highest BCUT2D eigenvalue weighted by Gasteiger charge is 2.34. The van der Waals surface area contributed by atoms with Crippen LogP contribution in [-0.2, 0) is 31.9 Å². The molecule has 0 spiro atoms. The van der Waals surface area contributed by atoms with Gasteiger partial charge in [0.25, 0.3) is 0 Å². The first-order chi connectivity index (χ1) is 20.1. The molecule has 0 aliphatic carbocycles. The predicted octanol–water partition coefficient (Wildman–Crippen LogP) is 3.47. The third-order valence-electron chi connectivity index (χ3n) is 6.12. The smallest absolute Gasteiger partial charge is 0.374 e. The molecule has 4 N–H and O–H groups in total. The number of ether oxygens (including phenoxy) is 1. The molecule has 10 nitrogen and oxygen atoms in total. The number of halogens is 3. The zero-order valence-corrected chi connectivity index (χ0v) is 22.6. The molecule has 1 heterocycles. The van der Waals surface area contributed by atoms with Crippen molar-refractivity contribution >= 4 is 40.1 Å². The molecule has 4 aromatic rings. The van der Waals surface area contributed by atoms with Crippen molar-refractivity contribution < 1.29 is 32.3 Å². The number of hydrogen-bond donors (Lipinski definition) is 4. The second-order valence-electron chi connectivity index (χ2n) is 9.29. The summed E-state index contributed by atoms with van der Waals surface area (Å²) in [6.07, 6.45) is -4.63. The number of benzene rings is 3. The molecule has 1 aromatic heterocycles. The van der Waals surface area contributed by atoms with Gasteiger partial charge in [0.1, 0.15) is 6.04 Å². The summed E-state index contributed by atoms with van der Waals surface area (Å²) in [7, 11) is 1.45. The van der Waals surface area contributed by atoms with Crippen molar-refractivity contribution in [3.63, 3.8) is 0 Å². The molecular formula is C29H29F3N6O4. The van der Waals surface area contributed by atoms with Crippen LogP contribution in [0.5, 0.6) is 0 Å². The summed E-state index contributed by atoms with van der Waals surface area (Å²) in [6, 6.07) is 21.2. The molecule has 13 heteroatoms. The second kappa shape index (κ2) is 13.6. The molecule has 0 saturated heterocycles. The van der Waals surface area contributed by atoms with Gasteiger partial charge in [0, 0.05) is 18.4 Å². The topological polar surface area (TPSA) is 128 Å². The normalized spacial score (nSPS) is 12.0. The molecule has 0 saturated carbocycles. The van der Waals surface area contributed by atoms with Gasteiger partial charge in [-0.05, 0) is 35.9 Å². The second-order valence-corrected chi connectivity index (χ2v) is 9.29. The van der Waals surface area contributed by atoms with Crippen LogP contribution in [0.4, 0.5) is 24.5 Å². The van der Waals surface area contributed by atoms with Crippen molar-refractivity contribution in [1.29, 1.82) is 0 Å². The van der Waals surface area contributed by atoms with E-state index < -0.39 is 35.8 Å². The zero-order chi connectivity index (χ0) is 30.1. The third-order valence-corrected chi connectivity index (χ3v) is 6.12. The number of nitrogens with one attached hydrogen (secondary N) is 4. The summed E-state index contributed by atoms with van der Waals surface area (Å²) in [6.45, 7) is -0.347. The molecule has 3 aromatic carbocycles. The molecule has 0 unspecified atom stereocenters. The number of aromatic nitrogens is 2. The van der Waals surface area contributed by atoms with Gasteiger partial charge in [-0.1, -0.05) is 48.5 Å². The summed E-state index contributed by atoms with van der Waals surface area (Å²) in [5.74, 6) is -2.62. The van der Waals surface area contributed by atoms with Crippen LogP contribution in [0.2, 0.25) is 0 Å². The third kappa shape index (κ3) is 8.30. The average Bonchev–Trinajstić information content (AvgIpc) is 3.41. The van der Waals surface area contributed by atoms with Crippen molar-refractivity contribution in [1.82, 2.24) is 20.6 Å². The molecule has 0 fully saturated rings. The number of carbonyl (C=O) groups excluding carboxylic acids is 3. The molecule has 0 radical (unpaired) electrons. The van der Waals surface area contributed by atoms with Crippen LogP contribution < -0.4 is 20.9 Å². The van der Waals surface area contributed by atoms with Crippen LogP contribution >= 0.6 is 0 Å². The minimum Gasteiger partial charge on any atom is -0.374 e. The van der Waals surface area contributed by atoms with Crippen molar-refractivity contribution in [3.8, 4) is 0 Å². The van der Waals surface area contributed by atoms with Crippen molar-refractivity contribution in [2.24, 2.45) is 0 Å². The summed E-state index contributed by atoms with van der Waals surface area (Å²) in [5, 5.41) is 7.81. The number of hydrogen-bond acceptors (Lipinski definition) is 6. The van der Waals surface area contributed by atoms with E-state index in [2.05, 4.69) is 25.9 Å². The summed E-state index contributed by atoms with van der Waals surface area (Å²) in [5.41, 5.74) is 1.93. The Balaban J connectivity index is 1.41. The maximum Gasteiger partial charge on any atom is 0.449 e. The molecule has 0 bridgehead atoms. The number of anilines is 2. The minimum absolute atomic E-state index is 0.0712. The van der Waals surface area contributed by atoms with Gasteiger partial charge in [-0.3, -0.25) is 14.4 Å². The van der Waals surface area contributed by atoms with E-state index >= 15 is 0 Å². The standard InChI is InChI=1S/C29H29F3N6O4/c1-33-27(41)24(18-42-17-19-8-4-2-5-9-19)35-26(40)16-38(21-10-6-3-7-11-21)15-25(39)34-20-12-13-22-23(14-20)37-28(36-22)29(30,31)32/h2-14,24H,15-18H2,1H3,(H,33,41)(H,34,39)(H,35,40)(H,36,37)/t24-/m0/s1. The van der Waals surface area contributed by atoms with E-state index in [-0.39, 0.29) is 43.0 Å². The summed E-state index contributed by atoms with van der Waals surface area (Å²) in [4.78, 5) is 45.6. The highest BCUT2D eigenvalue weighted by molar-refractivity contribution is 5.97. The van der Waals surface area contributed by atoms with E-state index in [1.165, 1.54) is 30.1 Å². The molecule has 4 rings (SSSR count). The largest absolute Gasteiger partial charge is 0.449 e. The van der Waals surface area contributed by atoms with E-state index in [9.17, 15) is 27.6 Å². The Morgan fingerprint density at radius 3 is 2.29 bits per heavy atom. The Hall–Kier alpha value is -4.91. The van der Waals surface area contributed by atoms with Gasteiger partial charge in [0.15, 0.2) is 0 Å². The SMILES string of the molecule is CNC(=O)[C@H](COCc1ccccc1)NC(=O)CN(CC(=O)Nc1ccc2nc(C(F)(F)F)[nH]c2c1)c1ccccc1. The van der Waals surface area contributed by atoms with Crippen LogP contribution in [0.1, 0.15) is 11.4 Å². The van der Waals surface area contributed by atoms with Gasteiger partial charge in [-0.2, -0.15) is 13.2 Å². The molecular weight excluding hydrogens is 553 g/mol. The number of carbonyl (C=O) groups is 3. The molecule has 0 aliphatic heterocycles. The number of imidazole rings is 1. The first-order valence-electron chi connectivity index (χ1n) is 12.9. The Morgan fingerprint density at radius 2 is 1.62 bits per heavy atom. The number of fused-ring (bicyclic) bond motifs is 1. The van der Waals surface area contributed by atoms with Crippen LogP contribution in [-0.4, -0.2) is 60.5 Å². The van der Waals surface area contributed by atoms with E-state index in [1.807, 2.05) is 30.3 Å². The van der Waals surface area contributed by atoms with Crippen molar-refractivity contribution in [2.45, 2.75) is 18.8 Å². The predicted molar refractivity (Wildman–Crippen MR) is 150 cm³/mol. The van der Waals surface area contributed by atoms with Gasteiger partial charge in [-0.25, -0.2) is 4.98 Å². The van der Waals surface area contributed by atoms with Crippen molar-refractivity contribution in [3.05, 3.63) is 90.3 Å². The van der Waals surface area contributed by atoms with E-state index in [0.717, 1.165) is 5.56 Å². The van der Waals surface area contributed by atoms with Gasteiger partial charge in [0.2, 0.25) is 23.5 Å². The van der Waals surface area contributed by atoms with Gasteiger partial charge in [-0.15, -0.1) is 0 Å². The quantitative estimate of drug-likeness (QED) is 0.203. The molecule has 3 amide bonds. The number of aromatic amines is 1. The number of rotatable bonds is 12. The zero-order valence-electron chi connectivity index (χ0n) is 22.6. The Labute approximate surface area is 239 Å². The Kier molecular flexibility index (Phi) is 9.76. The van der Waals surface area contributed by atoms with E-state index in [0.29, 0.717) is 5.69 Å². The van der Waals surface area contributed by atoms with Gasteiger partial charge >= 0.3 is 6.18 Å². The lowest BCUT2D eigenvalue weighted by Crippen LogP contribution is -2.51. The van der Waals surface area contributed by atoms with E-state index in [4.69, 9.17) is 4.74 Å². The molecule has 42 heavy (non-hydrogen) atoms. The Bertz CT molecular complexity index is 1510. The lowest BCUT2D eigenvalue weighted by molar-refractivity contribution is -0.144. The number of likely N-dealkylation sites (N-methyl/N-ethyl adjacent to an activating group) is 1. The maximum atomic E-state index is 13.0. The minimum atomic E-state index is -4.63. The number of para-hydroxylation sites is 1. The van der Waals surface area contributed by atoms with Crippen molar-refractivity contribution in [2.75, 3.05) is 37.0 Å². The molecule has 220 valence electrons. The van der Waals surface area contributed by atoms with Crippen LogP contribution in [0, 0.1) is 0 Å². The van der Waals surface area contributed by atoms with Gasteiger partial charge in [0.05, 0.1) is 37.3 Å². The average molecular weight is 583 g/mol. The molecule has 0 aliphatic rings. The van der Waals surface area contributed by atoms with Crippen LogP contribution in [0.25, 0.3) is 11.0 Å². The number of alkyl halides is 3. The lowest BCUT2D eigenvalue weighted by atomic mass is 10.2. The highest BCUT2D eigenvalue weighted by atomic mass is 19.4.